The molecule has 2 rings (SSSR count). The maximum atomic E-state index is 2.28. The zero-order valence-corrected chi connectivity index (χ0v) is 13.4. The van der Waals surface area contributed by atoms with E-state index in [2.05, 4.69) is 62.4 Å². The third-order valence-corrected chi connectivity index (χ3v) is 4.51. The topological polar surface area (TPSA) is 0 Å². The highest BCUT2D eigenvalue weighted by Crippen LogP contribution is 2.28. The molecule has 0 spiro atoms. The van der Waals surface area contributed by atoms with Crippen LogP contribution in [0.4, 0.5) is 0 Å². The van der Waals surface area contributed by atoms with Crippen LogP contribution >= 0.6 is 11.8 Å². The van der Waals surface area contributed by atoms with Crippen LogP contribution in [0.25, 0.3) is 0 Å². The fraction of sp³-hybridized carbons (Fsp3) is 0.368. The molecule has 0 nitrogen and oxygen atoms in total. The van der Waals surface area contributed by atoms with Crippen molar-refractivity contribution in [2.45, 2.75) is 55.7 Å². The molecule has 0 aliphatic heterocycles. The van der Waals surface area contributed by atoms with Crippen LogP contribution in [0.3, 0.4) is 0 Å². The van der Waals surface area contributed by atoms with Crippen LogP contribution in [0.2, 0.25) is 0 Å². The standard InChI is InChI=1S/C19H24S/c1-3-4-5-6-7-17-10-14-19(15-11-17)20-18-12-8-16(2)9-13-18/h8-15H,3-7H2,1-2H3. The van der Waals surface area contributed by atoms with Gasteiger partial charge in [-0.05, 0) is 49.6 Å². The largest absolute Gasteiger partial charge is 0.0901 e. The molecule has 0 aliphatic rings. The average Bonchev–Trinajstić information content (AvgIpc) is 2.48. The van der Waals surface area contributed by atoms with E-state index < -0.39 is 0 Å². The quantitative estimate of drug-likeness (QED) is 0.540. The Kier molecular flexibility index (Phi) is 6.20. The van der Waals surface area contributed by atoms with Crippen molar-refractivity contribution in [3.05, 3.63) is 59.7 Å². The molecule has 0 radical (unpaired) electrons. The number of benzene rings is 2. The Hall–Kier alpha value is -1.21. The molecule has 0 aliphatic carbocycles. The van der Waals surface area contributed by atoms with Gasteiger partial charge in [-0.1, -0.05) is 67.8 Å². The van der Waals surface area contributed by atoms with Crippen LogP contribution < -0.4 is 0 Å². The van der Waals surface area contributed by atoms with Crippen molar-refractivity contribution < 1.29 is 0 Å². The third kappa shape index (κ3) is 5.05. The van der Waals surface area contributed by atoms with Gasteiger partial charge >= 0.3 is 0 Å². The second-order valence-electron chi connectivity index (χ2n) is 5.37. The van der Waals surface area contributed by atoms with Crippen LogP contribution in [0.1, 0.15) is 43.7 Å². The lowest BCUT2D eigenvalue weighted by molar-refractivity contribution is 0.667. The van der Waals surface area contributed by atoms with Gasteiger partial charge in [0, 0.05) is 9.79 Å². The molecule has 1 heteroatoms. The lowest BCUT2D eigenvalue weighted by atomic mass is 10.1. The zero-order chi connectivity index (χ0) is 14.2. The van der Waals surface area contributed by atoms with Gasteiger partial charge in [0.1, 0.15) is 0 Å². The zero-order valence-electron chi connectivity index (χ0n) is 12.6. The van der Waals surface area contributed by atoms with Crippen LogP contribution in [-0.4, -0.2) is 0 Å². The highest BCUT2D eigenvalue weighted by atomic mass is 32.2. The van der Waals surface area contributed by atoms with Crippen molar-refractivity contribution in [1.82, 2.24) is 0 Å². The minimum atomic E-state index is 1.22. The van der Waals surface area contributed by atoms with E-state index in [1.54, 1.807) is 0 Å². The molecule has 2 aromatic carbocycles. The summed E-state index contributed by atoms with van der Waals surface area (Å²) in [5.74, 6) is 0. The summed E-state index contributed by atoms with van der Waals surface area (Å²) in [4.78, 5) is 2.64. The second-order valence-corrected chi connectivity index (χ2v) is 6.52. The number of unbranched alkanes of at least 4 members (excludes halogenated alkanes) is 3. The summed E-state index contributed by atoms with van der Waals surface area (Å²) in [5.41, 5.74) is 2.78. The van der Waals surface area contributed by atoms with Crippen molar-refractivity contribution >= 4 is 11.8 Å². The minimum absolute atomic E-state index is 1.22. The van der Waals surface area contributed by atoms with Gasteiger partial charge in [0.25, 0.3) is 0 Å². The Morgan fingerprint density at radius 3 is 1.95 bits per heavy atom. The Labute approximate surface area is 127 Å². The molecule has 0 fully saturated rings. The first-order valence-electron chi connectivity index (χ1n) is 7.61. The highest BCUT2D eigenvalue weighted by Gasteiger charge is 1.98. The van der Waals surface area contributed by atoms with Crippen LogP contribution in [0.15, 0.2) is 58.3 Å². The molecule has 2 aromatic rings. The molecule has 0 heterocycles. The molecular weight excluding hydrogens is 260 g/mol. The summed E-state index contributed by atoms with van der Waals surface area (Å²) < 4.78 is 0. The maximum Gasteiger partial charge on any atom is 0.0122 e. The monoisotopic (exact) mass is 284 g/mol. The SMILES string of the molecule is CCCCCCc1ccc(Sc2ccc(C)cc2)cc1. The Morgan fingerprint density at radius 2 is 1.35 bits per heavy atom. The van der Waals surface area contributed by atoms with E-state index in [0.717, 1.165) is 0 Å². The predicted octanol–water partition coefficient (Wildman–Crippen LogP) is 6.27. The van der Waals surface area contributed by atoms with E-state index in [9.17, 15) is 0 Å². The molecular formula is C19H24S. The van der Waals surface area contributed by atoms with Gasteiger partial charge in [-0.15, -0.1) is 0 Å². The molecule has 0 bridgehead atoms. The van der Waals surface area contributed by atoms with Gasteiger partial charge < -0.3 is 0 Å². The highest BCUT2D eigenvalue weighted by molar-refractivity contribution is 7.99. The predicted molar refractivity (Wildman–Crippen MR) is 89.6 cm³/mol. The fourth-order valence-corrected chi connectivity index (χ4v) is 3.04. The molecule has 0 unspecified atom stereocenters. The van der Waals surface area contributed by atoms with Gasteiger partial charge in [-0.25, -0.2) is 0 Å². The van der Waals surface area contributed by atoms with Crippen LogP contribution in [-0.2, 0) is 6.42 Å². The molecule has 0 saturated carbocycles. The normalized spacial score (nSPS) is 10.7. The van der Waals surface area contributed by atoms with Crippen molar-refractivity contribution in [3.8, 4) is 0 Å². The molecule has 0 atom stereocenters. The molecule has 20 heavy (non-hydrogen) atoms. The molecule has 0 N–H and O–H groups in total. The van der Waals surface area contributed by atoms with E-state index in [0.29, 0.717) is 0 Å². The summed E-state index contributed by atoms with van der Waals surface area (Å²) in [7, 11) is 0. The Bertz CT molecular complexity index is 496. The minimum Gasteiger partial charge on any atom is -0.0901 e. The smallest absolute Gasteiger partial charge is 0.0122 e. The van der Waals surface area contributed by atoms with Gasteiger partial charge in [0.05, 0.1) is 0 Å². The Balaban J connectivity index is 1.86. The summed E-state index contributed by atoms with van der Waals surface area (Å²) in [5, 5.41) is 0. The van der Waals surface area contributed by atoms with E-state index in [-0.39, 0.29) is 0 Å². The van der Waals surface area contributed by atoms with Crippen LogP contribution in [0.5, 0.6) is 0 Å². The van der Waals surface area contributed by atoms with Crippen LogP contribution in [0, 0.1) is 6.92 Å². The first-order valence-corrected chi connectivity index (χ1v) is 8.43. The first-order chi connectivity index (χ1) is 9.78. The molecule has 106 valence electrons. The molecule has 0 saturated heterocycles. The first kappa shape index (κ1) is 15.2. The third-order valence-electron chi connectivity index (χ3n) is 3.50. The number of rotatable bonds is 7. The van der Waals surface area contributed by atoms with Crippen molar-refractivity contribution in [2.24, 2.45) is 0 Å². The summed E-state index contributed by atoms with van der Waals surface area (Å²) in [6.45, 7) is 4.39. The van der Waals surface area contributed by atoms with Gasteiger partial charge in [-0.3, -0.25) is 0 Å². The fourth-order valence-electron chi connectivity index (χ4n) is 2.22. The summed E-state index contributed by atoms with van der Waals surface area (Å²) >= 11 is 1.84. The van der Waals surface area contributed by atoms with E-state index in [1.807, 2.05) is 11.8 Å². The maximum absolute atomic E-state index is 2.28. The lowest BCUT2D eigenvalue weighted by Crippen LogP contribution is -1.85. The average molecular weight is 284 g/mol. The van der Waals surface area contributed by atoms with E-state index >= 15 is 0 Å². The number of hydrogen-bond donors (Lipinski definition) is 0. The van der Waals surface area contributed by atoms with E-state index in [1.165, 1.54) is 53.0 Å². The second kappa shape index (κ2) is 8.16. The Morgan fingerprint density at radius 1 is 0.750 bits per heavy atom. The van der Waals surface area contributed by atoms with Crippen molar-refractivity contribution in [1.29, 1.82) is 0 Å². The number of hydrogen-bond acceptors (Lipinski definition) is 1. The lowest BCUT2D eigenvalue weighted by Gasteiger charge is -2.05. The van der Waals surface area contributed by atoms with E-state index in [4.69, 9.17) is 0 Å². The van der Waals surface area contributed by atoms with Gasteiger partial charge in [-0.2, -0.15) is 0 Å². The summed E-state index contributed by atoms with van der Waals surface area (Å²) in [6.07, 6.45) is 6.57. The molecule has 0 amide bonds. The van der Waals surface area contributed by atoms with Gasteiger partial charge in [0.2, 0.25) is 0 Å². The van der Waals surface area contributed by atoms with Crippen molar-refractivity contribution in [2.75, 3.05) is 0 Å². The summed E-state index contributed by atoms with van der Waals surface area (Å²) in [6, 6.07) is 17.8. The number of aryl methyl sites for hydroxylation is 2. The van der Waals surface area contributed by atoms with Gasteiger partial charge in [0.15, 0.2) is 0 Å². The van der Waals surface area contributed by atoms with Crippen molar-refractivity contribution in [3.63, 3.8) is 0 Å². The molecule has 0 aromatic heterocycles.